The normalized spacial score (nSPS) is 14.3. The lowest BCUT2D eigenvalue weighted by molar-refractivity contribution is 0.106. The predicted molar refractivity (Wildman–Crippen MR) is 80.7 cm³/mol. The Hall–Kier alpha value is 0.1000. The summed E-state index contributed by atoms with van der Waals surface area (Å²) in [6.45, 7) is 4.46. The SMILES string of the molecule is CCC(CC)(C(N)Cc1ccc(Br)s1)N(C)C. The summed E-state index contributed by atoms with van der Waals surface area (Å²) in [4.78, 5) is 3.65. The fourth-order valence-electron chi connectivity index (χ4n) is 2.61. The Morgan fingerprint density at radius 1 is 1.35 bits per heavy atom. The average Bonchev–Trinajstić information content (AvgIpc) is 2.66. The van der Waals surface area contributed by atoms with Crippen molar-refractivity contribution >= 4 is 27.3 Å². The molecule has 0 aliphatic heterocycles. The van der Waals surface area contributed by atoms with Gasteiger partial charge in [-0.15, -0.1) is 11.3 Å². The average molecular weight is 319 g/mol. The molecule has 4 heteroatoms. The second kappa shape index (κ2) is 6.32. The first kappa shape index (κ1) is 15.2. The topological polar surface area (TPSA) is 29.3 Å². The molecule has 1 atom stereocenters. The van der Waals surface area contributed by atoms with Crippen LogP contribution >= 0.6 is 27.3 Å². The van der Waals surface area contributed by atoms with Crippen LogP contribution in [0.2, 0.25) is 0 Å². The summed E-state index contributed by atoms with van der Waals surface area (Å²) in [6.07, 6.45) is 3.13. The van der Waals surface area contributed by atoms with Gasteiger partial charge in [0.25, 0.3) is 0 Å². The Morgan fingerprint density at radius 3 is 2.29 bits per heavy atom. The Kier molecular flexibility index (Phi) is 5.64. The fraction of sp³-hybridized carbons (Fsp3) is 0.692. The second-order valence-corrected chi connectivity index (χ2v) is 7.27. The van der Waals surface area contributed by atoms with Crippen molar-refractivity contribution in [2.75, 3.05) is 14.1 Å². The van der Waals surface area contributed by atoms with Gasteiger partial charge in [0, 0.05) is 16.5 Å². The number of thiophene rings is 1. The Labute approximate surface area is 117 Å². The molecule has 1 heterocycles. The van der Waals surface area contributed by atoms with Crippen molar-refractivity contribution in [1.29, 1.82) is 0 Å². The lowest BCUT2D eigenvalue weighted by Gasteiger charge is -2.43. The van der Waals surface area contributed by atoms with Crippen LogP contribution in [0.4, 0.5) is 0 Å². The molecule has 2 nitrogen and oxygen atoms in total. The van der Waals surface area contributed by atoms with E-state index in [0.717, 1.165) is 19.3 Å². The Bertz CT molecular complexity index is 345. The number of nitrogens with two attached hydrogens (primary N) is 1. The van der Waals surface area contributed by atoms with Gasteiger partial charge in [0.2, 0.25) is 0 Å². The fourth-order valence-corrected chi connectivity index (χ4v) is 4.15. The lowest BCUT2D eigenvalue weighted by atomic mass is 9.82. The molecule has 0 saturated carbocycles. The third-order valence-corrected chi connectivity index (χ3v) is 5.50. The molecule has 0 saturated heterocycles. The third kappa shape index (κ3) is 3.31. The summed E-state index contributed by atoms with van der Waals surface area (Å²) < 4.78 is 1.18. The molecule has 1 aromatic heterocycles. The van der Waals surface area contributed by atoms with E-state index in [-0.39, 0.29) is 11.6 Å². The van der Waals surface area contributed by atoms with E-state index in [9.17, 15) is 0 Å². The van der Waals surface area contributed by atoms with E-state index in [1.165, 1.54) is 8.66 Å². The second-order valence-electron chi connectivity index (χ2n) is 4.72. The first-order chi connectivity index (χ1) is 7.96. The van der Waals surface area contributed by atoms with Crippen molar-refractivity contribution in [3.63, 3.8) is 0 Å². The smallest absolute Gasteiger partial charge is 0.0701 e. The maximum absolute atomic E-state index is 6.47. The largest absolute Gasteiger partial charge is 0.326 e. The minimum Gasteiger partial charge on any atom is -0.326 e. The minimum absolute atomic E-state index is 0.108. The molecule has 1 unspecified atom stereocenters. The number of likely N-dealkylation sites (N-methyl/N-ethyl adjacent to an activating group) is 1. The molecule has 17 heavy (non-hydrogen) atoms. The quantitative estimate of drug-likeness (QED) is 0.869. The zero-order chi connectivity index (χ0) is 13.1. The number of hydrogen-bond donors (Lipinski definition) is 1. The van der Waals surface area contributed by atoms with Gasteiger partial charge in [-0.1, -0.05) is 13.8 Å². The van der Waals surface area contributed by atoms with Crippen LogP contribution in [-0.4, -0.2) is 30.6 Å². The van der Waals surface area contributed by atoms with Crippen molar-refractivity contribution in [3.8, 4) is 0 Å². The lowest BCUT2D eigenvalue weighted by Crippen LogP contribution is -2.57. The van der Waals surface area contributed by atoms with Crippen LogP contribution in [0.3, 0.4) is 0 Å². The zero-order valence-electron chi connectivity index (χ0n) is 11.2. The van der Waals surface area contributed by atoms with E-state index in [0.29, 0.717) is 0 Å². The van der Waals surface area contributed by atoms with Gasteiger partial charge in [-0.05, 0) is 61.4 Å². The molecule has 0 aliphatic rings. The van der Waals surface area contributed by atoms with Crippen LogP contribution in [-0.2, 0) is 6.42 Å². The van der Waals surface area contributed by atoms with E-state index >= 15 is 0 Å². The molecule has 0 bridgehead atoms. The van der Waals surface area contributed by atoms with E-state index in [1.54, 1.807) is 11.3 Å². The molecule has 2 N–H and O–H groups in total. The van der Waals surface area contributed by atoms with Crippen LogP contribution < -0.4 is 5.73 Å². The van der Waals surface area contributed by atoms with E-state index in [2.05, 4.69) is 60.9 Å². The zero-order valence-corrected chi connectivity index (χ0v) is 13.6. The van der Waals surface area contributed by atoms with Crippen LogP contribution in [0.1, 0.15) is 31.6 Å². The van der Waals surface area contributed by atoms with Gasteiger partial charge in [-0.2, -0.15) is 0 Å². The summed E-state index contributed by atoms with van der Waals surface area (Å²) in [6, 6.07) is 4.44. The van der Waals surface area contributed by atoms with Crippen LogP contribution in [0.5, 0.6) is 0 Å². The van der Waals surface area contributed by atoms with Crippen molar-refractivity contribution in [2.24, 2.45) is 5.73 Å². The number of rotatable bonds is 6. The van der Waals surface area contributed by atoms with E-state index in [1.807, 2.05) is 0 Å². The van der Waals surface area contributed by atoms with Crippen molar-refractivity contribution in [3.05, 3.63) is 20.8 Å². The third-order valence-electron chi connectivity index (χ3n) is 3.86. The maximum Gasteiger partial charge on any atom is 0.0701 e. The molecule has 0 radical (unpaired) electrons. The predicted octanol–water partition coefficient (Wildman–Crippen LogP) is 3.50. The monoisotopic (exact) mass is 318 g/mol. The van der Waals surface area contributed by atoms with Crippen molar-refractivity contribution in [1.82, 2.24) is 4.90 Å². The number of hydrogen-bond acceptors (Lipinski definition) is 3. The molecule has 0 spiro atoms. The van der Waals surface area contributed by atoms with Gasteiger partial charge in [-0.25, -0.2) is 0 Å². The summed E-state index contributed by atoms with van der Waals surface area (Å²) in [5.74, 6) is 0. The molecule has 1 aromatic rings. The van der Waals surface area contributed by atoms with E-state index < -0.39 is 0 Å². The molecule has 0 aromatic carbocycles. The molecule has 0 aliphatic carbocycles. The van der Waals surface area contributed by atoms with E-state index in [4.69, 9.17) is 5.73 Å². The molecule has 0 fully saturated rings. The maximum atomic E-state index is 6.47. The highest BCUT2D eigenvalue weighted by atomic mass is 79.9. The highest BCUT2D eigenvalue weighted by Crippen LogP contribution is 2.29. The van der Waals surface area contributed by atoms with Crippen LogP contribution in [0, 0.1) is 0 Å². The summed E-state index contributed by atoms with van der Waals surface area (Å²) in [5.41, 5.74) is 6.57. The van der Waals surface area contributed by atoms with Crippen LogP contribution in [0.15, 0.2) is 15.9 Å². The van der Waals surface area contributed by atoms with Crippen molar-refractivity contribution in [2.45, 2.75) is 44.7 Å². The molecule has 1 rings (SSSR count). The van der Waals surface area contributed by atoms with Crippen molar-refractivity contribution < 1.29 is 0 Å². The summed E-state index contributed by atoms with van der Waals surface area (Å²) >= 11 is 5.29. The highest BCUT2D eigenvalue weighted by Gasteiger charge is 2.35. The number of nitrogens with zero attached hydrogens (tertiary/aromatic N) is 1. The molecular weight excluding hydrogens is 296 g/mol. The van der Waals surface area contributed by atoms with Gasteiger partial charge >= 0.3 is 0 Å². The molecule has 98 valence electrons. The Balaban J connectivity index is 2.82. The van der Waals surface area contributed by atoms with Crippen LogP contribution in [0.25, 0.3) is 0 Å². The van der Waals surface area contributed by atoms with Gasteiger partial charge in [0.15, 0.2) is 0 Å². The van der Waals surface area contributed by atoms with Gasteiger partial charge in [0.05, 0.1) is 3.79 Å². The van der Waals surface area contributed by atoms with Gasteiger partial charge in [0.1, 0.15) is 0 Å². The van der Waals surface area contributed by atoms with Gasteiger partial charge < -0.3 is 10.6 Å². The molecule has 0 amide bonds. The standard InChI is InChI=1S/C13H23BrN2S/c1-5-13(6-2,16(3)4)11(15)9-10-7-8-12(14)17-10/h7-8,11H,5-6,9,15H2,1-4H3. The first-order valence-electron chi connectivity index (χ1n) is 6.13. The summed E-state index contributed by atoms with van der Waals surface area (Å²) in [5, 5.41) is 0. The van der Waals surface area contributed by atoms with Gasteiger partial charge in [-0.3, -0.25) is 0 Å². The highest BCUT2D eigenvalue weighted by molar-refractivity contribution is 9.11. The Morgan fingerprint density at radius 2 is 1.94 bits per heavy atom. The molecular formula is C13H23BrN2S. The summed E-state index contributed by atoms with van der Waals surface area (Å²) in [7, 11) is 4.27. The first-order valence-corrected chi connectivity index (χ1v) is 7.74. The minimum atomic E-state index is 0.108. The number of halogens is 1.